The van der Waals surface area contributed by atoms with Crippen molar-refractivity contribution in [2.45, 2.75) is 13.5 Å². The second-order valence-corrected chi connectivity index (χ2v) is 12.5. The Morgan fingerprint density at radius 3 is 1.22 bits per heavy atom. The Labute approximate surface area is 288 Å². The lowest BCUT2D eigenvalue weighted by Crippen LogP contribution is -2.04. The van der Waals surface area contributed by atoms with Crippen molar-refractivity contribution in [2.75, 3.05) is 0 Å². The van der Waals surface area contributed by atoms with Gasteiger partial charge in [0, 0.05) is 23.4 Å². The van der Waals surface area contributed by atoms with Gasteiger partial charge in [0.15, 0.2) is 0 Å². The van der Waals surface area contributed by atoms with E-state index in [2.05, 4.69) is 200 Å². The summed E-state index contributed by atoms with van der Waals surface area (Å²) in [6, 6.07) is 67.0. The number of imidazole rings is 1. The lowest BCUT2D eigenvalue weighted by molar-refractivity contribution is 0.780. The van der Waals surface area contributed by atoms with Crippen LogP contribution in [0.25, 0.3) is 67.2 Å². The summed E-state index contributed by atoms with van der Waals surface area (Å²) in [5, 5.41) is 0. The maximum atomic E-state index is 5.18. The van der Waals surface area contributed by atoms with Crippen LogP contribution < -0.4 is 0 Å². The summed E-state index contributed by atoms with van der Waals surface area (Å²) >= 11 is 0. The molecule has 0 bridgehead atoms. The minimum Gasteiger partial charge on any atom is -0.323 e. The summed E-state index contributed by atoms with van der Waals surface area (Å²) in [5.41, 5.74) is 15.4. The van der Waals surface area contributed by atoms with Gasteiger partial charge in [0.1, 0.15) is 5.82 Å². The molecule has 0 aliphatic rings. The Bertz CT molecular complexity index is 2350. The average Bonchev–Trinajstić information content (AvgIpc) is 3.51. The molecular formula is C47H36N2. The summed E-state index contributed by atoms with van der Waals surface area (Å²) in [6.07, 6.45) is 0. The lowest BCUT2D eigenvalue weighted by Gasteiger charge is -2.13. The molecular weight excluding hydrogens is 593 g/mol. The Morgan fingerprint density at radius 1 is 0.367 bits per heavy atom. The first-order valence-electron chi connectivity index (χ1n) is 16.8. The van der Waals surface area contributed by atoms with Gasteiger partial charge in [0.25, 0.3) is 0 Å². The zero-order chi connectivity index (χ0) is 33.0. The first kappa shape index (κ1) is 30.1. The van der Waals surface area contributed by atoms with Crippen molar-refractivity contribution in [2.24, 2.45) is 0 Å². The van der Waals surface area contributed by atoms with E-state index in [1.165, 1.54) is 50.1 Å². The highest BCUT2D eigenvalue weighted by molar-refractivity contribution is 5.79. The SMILES string of the molecule is Cc1c(-c2ccccc2)nc(-c2ccccc2)n1Cc1cccc(-c2cccc(-c3cccc(-c4cccc(-c5ccccc5)c4)c3)c2)c1. The van der Waals surface area contributed by atoms with Crippen molar-refractivity contribution >= 4 is 0 Å². The van der Waals surface area contributed by atoms with E-state index in [1.54, 1.807) is 0 Å². The summed E-state index contributed by atoms with van der Waals surface area (Å²) in [4.78, 5) is 5.18. The van der Waals surface area contributed by atoms with Gasteiger partial charge in [-0.1, -0.05) is 164 Å². The van der Waals surface area contributed by atoms with Gasteiger partial charge in [-0.3, -0.25) is 0 Å². The summed E-state index contributed by atoms with van der Waals surface area (Å²) in [5.74, 6) is 0.985. The molecule has 2 heteroatoms. The van der Waals surface area contributed by atoms with E-state index in [4.69, 9.17) is 4.98 Å². The molecule has 49 heavy (non-hydrogen) atoms. The van der Waals surface area contributed by atoms with E-state index in [1.807, 2.05) is 0 Å². The fourth-order valence-electron chi connectivity index (χ4n) is 6.70. The highest BCUT2D eigenvalue weighted by atomic mass is 15.1. The molecule has 0 fully saturated rings. The van der Waals surface area contributed by atoms with Crippen LogP contribution in [-0.4, -0.2) is 9.55 Å². The first-order valence-corrected chi connectivity index (χ1v) is 16.8. The van der Waals surface area contributed by atoms with Crippen LogP contribution in [0.4, 0.5) is 0 Å². The van der Waals surface area contributed by atoms with Crippen molar-refractivity contribution in [3.8, 4) is 67.2 Å². The van der Waals surface area contributed by atoms with Crippen LogP contribution in [0, 0.1) is 6.92 Å². The molecule has 8 rings (SSSR count). The van der Waals surface area contributed by atoms with E-state index in [-0.39, 0.29) is 0 Å². The van der Waals surface area contributed by atoms with E-state index in [0.29, 0.717) is 0 Å². The molecule has 0 saturated heterocycles. The van der Waals surface area contributed by atoms with Crippen LogP contribution in [0.5, 0.6) is 0 Å². The van der Waals surface area contributed by atoms with Gasteiger partial charge in [-0.05, 0) is 81.3 Å². The fraction of sp³-hybridized carbons (Fsp3) is 0.0426. The quantitative estimate of drug-likeness (QED) is 0.164. The number of benzene rings is 7. The number of rotatable bonds is 8. The van der Waals surface area contributed by atoms with Crippen molar-refractivity contribution in [3.63, 3.8) is 0 Å². The lowest BCUT2D eigenvalue weighted by atomic mass is 9.94. The van der Waals surface area contributed by atoms with Crippen molar-refractivity contribution in [1.82, 2.24) is 9.55 Å². The minimum absolute atomic E-state index is 0.730. The molecule has 1 heterocycles. The molecule has 0 N–H and O–H groups in total. The Morgan fingerprint density at radius 2 is 0.735 bits per heavy atom. The molecule has 0 aliphatic carbocycles. The monoisotopic (exact) mass is 628 g/mol. The van der Waals surface area contributed by atoms with Crippen LogP contribution in [0.1, 0.15) is 11.3 Å². The molecule has 8 aromatic rings. The van der Waals surface area contributed by atoms with Gasteiger partial charge < -0.3 is 4.57 Å². The van der Waals surface area contributed by atoms with Crippen LogP contribution in [0.2, 0.25) is 0 Å². The topological polar surface area (TPSA) is 17.8 Å². The standard InChI is InChI=1S/C47H36N2/c1-34-46(37-18-7-3-8-19-37)48-47(38-20-9-4-10-21-38)49(34)33-35-15-11-22-39(29-35)41-24-13-26-43(31-41)45-28-14-27-44(32-45)42-25-12-23-40(30-42)36-16-5-2-6-17-36/h2-32H,33H2,1H3. The van der Waals surface area contributed by atoms with E-state index in [9.17, 15) is 0 Å². The smallest absolute Gasteiger partial charge is 0.141 e. The molecule has 0 unspecified atom stereocenters. The number of hydrogen-bond acceptors (Lipinski definition) is 1. The summed E-state index contributed by atoms with van der Waals surface area (Å²) in [7, 11) is 0. The van der Waals surface area contributed by atoms with Crippen LogP contribution in [0.3, 0.4) is 0 Å². The number of aromatic nitrogens is 2. The van der Waals surface area contributed by atoms with Crippen LogP contribution >= 0.6 is 0 Å². The van der Waals surface area contributed by atoms with Crippen molar-refractivity contribution in [3.05, 3.63) is 199 Å². The third-order valence-corrected chi connectivity index (χ3v) is 9.26. The largest absolute Gasteiger partial charge is 0.323 e. The second kappa shape index (κ2) is 13.5. The molecule has 0 amide bonds. The zero-order valence-electron chi connectivity index (χ0n) is 27.5. The van der Waals surface area contributed by atoms with Gasteiger partial charge in [0.05, 0.1) is 5.69 Å². The predicted molar refractivity (Wildman–Crippen MR) is 205 cm³/mol. The van der Waals surface area contributed by atoms with Gasteiger partial charge in [-0.25, -0.2) is 4.98 Å². The predicted octanol–water partition coefficient (Wildman–Crippen LogP) is 12.2. The molecule has 234 valence electrons. The van der Waals surface area contributed by atoms with Gasteiger partial charge >= 0.3 is 0 Å². The van der Waals surface area contributed by atoms with Gasteiger partial charge in [-0.15, -0.1) is 0 Å². The third-order valence-electron chi connectivity index (χ3n) is 9.26. The highest BCUT2D eigenvalue weighted by Gasteiger charge is 2.17. The van der Waals surface area contributed by atoms with Crippen molar-refractivity contribution < 1.29 is 0 Å². The van der Waals surface area contributed by atoms with E-state index >= 15 is 0 Å². The molecule has 0 atom stereocenters. The second-order valence-electron chi connectivity index (χ2n) is 12.5. The molecule has 7 aromatic carbocycles. The Hall–Kier alpha value is -6.25. The summed E-state index contributed by atoms with van der Waals surface area (Å²) in [6.45, 7) is 2.91. The Balaban J connectivity index is 1.10. The van der Waals surface area contributed by atoms with E-state index in [0.717, 1.165) is 34.9 Å². The first-order chi connectivity index (χ1) is 24.2. The maximum absolute atomic E-state index is 5.18. The molecule has 0 spiro atoms. The average molecular weight is 629 g/mol. The third kappa shape index (κ3) is 6.37. The minimum atomic E-state index is 0.730. The van der Waals surface area contributed by atoms with Crippen LogP contribution in [0.15, 0.2) is 188 Å². The van der Waals surface area contributed by atoms with E-state index < -0.39 is 0 Å². The summed E-state index contributed by atoms with van der Waals surface area (Å²) < 4.78 is 2.35. The van der Waals surface area contributed by atoms with Crippen molar-refractivity contribution in [1.29, 1.82) is 0 Å². The normalized spacial score (nSPS) is 11.0. The molecule has 0 aliphatic heterocycles. The highest BCUT2D eigenvalue weighted by Crippen LogP contribution is 2.33. The zero-order valence-corrected chi connectivity index (χ0v) is 27.5. The van der Waals surface area contributed by atoms with Gasteiger partial charge in [0.2, 0.25) is 0 Å². The fourth-order valence-corrected chi connectivity index (χ4v) is 6.70. The van der Waals surface area contributed by atoms with Crippen LogP contribution in [-0.2, 0) is 6.54 Å². The van der Waals surface area contributed by atoms with Gasteiger partial charge in [-0.2, -0.15) is 0 Å². The molecule has 0 saturated carbocycles. The molecule has 1 aromatic heterocycles. The Kier molecular flexibility index (Phi) is 8.27. The maximum Gasteiger partial charge on any atom is 0.141 e. The molecule has 0 radical (unpaired) electrons. The number of hydrogen-bond donors (Lipinski definition) is 0. The number of nitrogens with zero attached hydrogens (tertiary/aromatic N) is 2. The molecule has 2 nitrogen and oxygen atoms in total.